The van der Waals surface area contributed by atoms with Gasteiger partial charge < -0.3 is 14.2 Å². The first kappa shape index (κ1) is 73.8. The van der Waals surface area contributed by atoms with E-state index in [0.29, 0.717) is 19.3 Å². The quantitative estimate of drug-likeness (QED) is 0.0261. The molecule has 0 aliphatic heterocycles. The largest absolute Gasteiger partial charge is 0.462 e. The molecular formula is C71H126O6. The summed E-state index contributed by atoms with van der Waals surface area (Å²) in [5.41, 5.74) is 0. The Kier molecular flexibility index (Phi) is 62.7. The van der Waals surface area contributed by atoms with Crippen molar-refractivity contribution in [3.63, 3.8) is 0 Å². The zero-order valence-corrected chi connectivity index (χ0v) is 51.2. The second-order valence-corrected chi connectivity index (χ2v) is 22.4. The van der Waals surface area contributed by atoms with Gasteiger partial charge in [0, 0.05) is 19.3 Å². The van der Waals surface area contributed by atoms with E-state index in [1.807, 2.05) is 0 Å². The van der Waals surface area contributed by atoms with Gasteiger partial charge in [0.05, 0.1) is 0 Å². The van der Waals surface area contributed by atoms with Crippen molar-refractivity contribution in [1.82, 2.24) is 0 Å². The highest BCUT2D eigenvalue weighted by Crippen LogP contribution is 2.17. The molecule has 0 rings (SSSR count). The predicted molar refractivity (Wildman–Crippen MR) is 335 cm³/mol. The van der Waals surface area contributed by atoms with Crippen LogP contribution in [-0.4, -0.2) is 37.2 Å². The van der Waals surface area contributed by atoms with Crippen LogP contribution in [0.15, 0.2) is 72.9 Å². The third-order valence-electron chi connectivity index (χ3n) is 14.7. The molecule has 0 aromatic heterocycles. The molecule has 0 radical (unpaired) electrons. The van der Waals surface area contributed by atoms with Crippen LogP contribution in [0, 0.1) is 0 Å². The minimum atomic E-state index is -0.781. The molecular weight excluding hydrogens is 949 g/mol. The summed E-state index contributed by atoms with van der Waals surface area (Å²) in [6, 6.07) is 0. The molecule has 0 saturated carbocycles. The van der Waals surface area contributed by atoms with E-state index in [1.54, 1.807) is 0 Å². The Labute approximate surface area is 478 Å². The number of allylic oxidation sites excluding steroid dienone is 12. The summed E-state index contributed by atoms with van der Waals surface area (Å²) in [6.45, 7) is 6.53. The van der Waals surface area contributed by atoms with Crippen molar-refractivity contribution in [3.05, 3.63) is 72.9 Å². The highest BCUT2D eigenvalue weighted by atomic mass is 16.6. The van der Waals surface area contributed by atoms with Gasteiger partial charge in [-0.05, 0) is 89.9 Å². The van der Waals surface area contributed by atoms with Crippen LogP contribution in [0.3, 0.4) is 0 Å². The van der Waals surface area contributed by atoms with Crippen LogP contribution in [0.1, 0.15) is 342 Å². The molecule has 0 fully saturated rings. The third kappa shape index (κ3) is 63.6. The molecule has 1 unspecified atom stereocenters. The van der Waals surface area contributed by atoms with E-state index in [-0.39, 0.29) is 31.1 Å². The molecule has 6 heteroatoms. The maximum Gasteiger partial charge on any atom is 0.306 e. The Bertz CT molecular complexity index is 1420. The Morgan fingerprint density at radius 2 is 0.506 bits per heavy atom. The van der Waals surface area contributed by atoms with Crippen LogP contribution >= 0.6 is 0 Å². The van der Waals surface area contributed by atoms with Crippen molar-refractivity contribution in [2.24, 2.45) is 0 Å². The first-order valence-corrected chi connectivity index (χ1v) is 33.4. The summed E-state index contributed by atoms with van der Waals surface area (Å²) in [7, 11) is 0. The van der Waals surface area contributed by atoms with Gasteiger partial charge in [0.15, 0.2) is 6.10 Å². The monoisotopic (exact) mass is 1070 g/mol. The molecule has 6 nitrogen and oxygen atoms in total. The number of rotatable bonds is 61. The summed E-state index contributed by atoms with van der Waals surface area (Å²) in [6.07, 6.45) is 85.1. The standard InChI is InChI=1S/C71H126O6/c1-4-7-10-13-16-19-22-24-26-27-28-29-30-31-32-33-34-35-36-37-38-39-40-41-42-43-45-46-49-52-55-58-61-64-70(73)76-67-68(66-75-69(72)63-60-57-54-51-48-21-18-15-12-9-6-3)77-71(74)65-62-59-56-53-50-47-44-25-23-20-17-14-11-8-5-2/h8,11,17,20,22,24-25,27-28,30-31,44,68H,4-7,9-10,12-16,18-19,21,23,26,29,32-43,45-67H2,1-3H3/b11-8-,20-17-,24-22-,28-27-,31-30-,44-25-. The van der Waals surface area contributed by atoms with E-state index in [1.165, 1.54) is 193 Å². The van der Waals surface area contributed by atoms with Gasteiger partial charge in [0.1, 0.15) is 13.2 Å². The fraction of sp³-hybridized carbons (Fsp3) is 0.789. The van der Waals surface area contributed by atoms with Gasteiger partial charge in [-0.2, -0.15) is 0 Å². The van der Waals surface area contributed by atoms with E-state index in [0.717, 1.165) is 109 Å². The van der Waals surface area contributed by atoms with Gasteiger partial charge in [-0.3, -0.25) is 14.4 Å². The van der Waals surface area contributed by atoms with E-state index in [4.69, 9.17) is 14.2 Å². The van der Waals surface area contributed by atoms with Crippen molar-refractivity contribution in [2.75, 3.05) is 13.2 Å². The number of unbranched alkanes of at least 4 members (excludes halogenated alkanes) is 38. The summed E-state index contributed by atoms with van der Waals surface area (Å²) in [5.74, 6) is -0.880. The molecule has 446 valence electrons. The van der Waals surface area contributed by atoms with Crippen LogP contribution in [0.5, 0.6) is 0 Å². The Morgan fingerprint density at radius 1 is 0.273 bits per heavy atom. The van der Waals surface area contributed by atoms with E-state index in [2.05, 4.69) is 93.7 Å². The topological polar surface area (TPSA) is 78.9 Å². The summed E-state index contributed by atoms with van der Waals surface area (Å²) >= 11 is 0. The van der Waals surface area contributed by atoms with Crippen molar-refractivity contribution in [2.45, 2.75) is 348 Å². The number of carbonyl (C=O) groups excluding carboxylic acids is 3. The number of carbonyl (C=O) groups is 3. The molecule has 0 saturated heterocycles. The van der Waals surface area contributed by atoms with E-state index >= 15 is 0 Å². The van der Waals surface area contributed by atoms with Crippen molar-refractivity contribution in [3.8, 4) is 0 Å². The molecule has 0 bridgehead atoms. The summed E-state index contributed by atoms with van der Waals surface area (Å²) < 4.78 is 16.9. The van der Waals surface area contributed by atoms with E-state index < -0.39 is 6.10 Å². The van der Waals surface area contributed by atoms with Crippen LogP contribution in [0.2, 0.25) is 0 Å². The molecule has 0 N–H and O–H groups in total. The lowest BCUT2D eigenvalue weighted by Crippen LogP contribution is -2.30. The first-order chi connectivity index (χ1) is 38.0. The molecule has 0 aliphatic carbocycles. The van der Waals surface area contributed by atoms with Gasteiger partial charge in [-0.15, -0.1) is 0 Å². The maximum absolute atomic E-state index is 12.9. The zero-order valence-electron chi connectivity index (χ0n) is 51.2. The minimum Gasteiger partial charge on any atom is -0.462 e. The molecule has 0 heterocycles. The predicted octanol–water partition coefficient (Wildman–Crippen LogP) is 22.9. The molecule has 77 heavy (non-hydrogen) atoms. The second kappa shape index (κ2) is 65.4. The lowest BCUT2D eigenvalue weighted by molar-refractivity contribution is -0.167. The van der Waals surface area contributed by atoms with E-state index in [9.17, 15) is 14.4 Å². The maximum atomic E-state index is 12.9. The van der Waals surface area contributed by atoms with Crippen molar-refractivity contribution >= 4 is 17.9 Å². The molecule has 0 aliphatic rings. The van der Waals surface area contributed by atoms with Gasteiger partial charge in [-0.25, -0.2) is 0 Å². The van der Waals surface area contributed by atoms with Gasteiger partial charge in [0.2, 0.25) is 0 Å². The second-order valence-electron chi connectivity index (χ2n) is 22.4. The van der Waals surface area contributed by atoms with Crippen LogP contribution in [-0.2, 0) is 28.6 Å². The van der Waals surface area contributed by atoms with Crippen molar-refractivity contribution in [1.29, 1.82) is 0 Å². The normalized spacial score (nSPS) is 12.5. The number of hydrogen-bond acceptors (Lipinski definition) is 6. The lowest BCUT2D eigenvalue weighted by Gasteiger charge is -2.18. The number of ether oxygens (including phenoxy) is 3. The Balaban J connectivity index is 4.10. The summed E-state index contributed by atoms with van der Waals surface area (Å²) in [5, 5.41) is 0. The average Bonchev–Trinajstić information content (AvgIpc) is 3.43. The highest BCUT2D eigenvalue weighted by Gasteiger charge is 2.19. The van der Waals surface area contributed by atoms with Gasteiger partial charge >= 0.3 is 17.9 Å². The van der Waals surface area contributed by atoms with Crippen LogP contribution in [0.4, 0.5) is 0 Å². The average molecular weight is 1080 g/mol. The van der Waals surface area contributed by atoms with Crippen molar-refractivity contribution < 1.29 is 28.6 Å². The summed E-state index contributed by atoms with van der Waals surface area (Å²) in [4.78, 5) is 38.2. The third-order valence-corrected chi connectivity index (χ3v) is 14.7. The van der Waals surface area contributed by atoms with Crippen LogP contribution < -0.4 is 0 Å². The molecule has 0 aromatic rings. The smallest absolute Gasteiger partial charge is 0.306 e. The fourth-order valence-corrected chi connectivity index (χ4v) is 9.70. The molecule has 0 aromatic carbocycles. The van der Waals surface area contributed by atoms with Gasteiger partial charge in [-0.1, -0.05) is 306 Å². The minimum absolute atomic E-state index is 0.0781. The van der Waals surface area contributed by atoms with Gasteiger partial charge in [0.25, 0.3) is 0 Å². The zero-order chi connectivity index (χ0) is 55.7. The lowest BCUT2D eigenvalue weighted by atomic mass is 10.0. The number of esters is 3. The SMILES string of the molecule is CC/C=C\C/C=C\C/C=C\CCCCCCCC(=O)OC(COC(=O)CCCCCCCCCCCCC)COC(=O)CCCCCCCCCCCCCCCCCCCC/C=C\C/C=C\C/C=C\CCCCCCC. The first-order valence-electron chi connectivity index (χ1n) is 33.4. The molecule has 1 atom stereocenters. The highest BCUT2D eigenvalue weighted by molar-refractivity contribution is 5.71. The Morgan fingerprint density at radius 3 is 0.792 bits per heavy atom. The number of hydrogen-bond donors (Lipinski definition) is 0. The Hall–Kier alpha value is -3.15. The fourth-order valence-electron chi connectivity index (χ4n) is 9.70. The van der Waals surface area contributed by atoms with Crippen LogP contribution in [0.25, 0.3) is 0 Å². The molecule has 0 spiro atoms. The molecule has 0 amide bonds.